The molecule has 1 heterocycles. The second-order valence-electron chi connectivity index (χ2n) is 4.41. The van der Waals surface area contributed by atoms with Gasteiger partial charge in [0.1, 0.15) is 5.69 Å². The number of halogens is 2. The molecule has 0 fully saturated rings. The maximum atomic E-state index is 12.3. The van der Waals surface area contributed by atoms with Gasteiger partial charge in [-0.3, -0.25) is 4.79 Å². The number of anilines is 1. The Morgan fingerprint density at radius 2 is 1.80 bits per heavy atom. The maximum Gasteiger partial charge on any atom is 0.212 e. The number of pyridine rings is 1. The molecule has 0 aliphatic heterocycles. The van der Waals surface area contributed by atoms with Crippen LogP contribution in [0.1, 0.15) is 0 Å². The Morgan fingerprint density at radius 1 is 1.05 bits per heavy atom. The van der Waals surface area contributed by atoms with E-state index >= 15 is 0 Å². The van der Waals surface area contributed by atoms with Crippen LogP contribution < -0.4 is 11.2 Å². The van der Waals surface area contributed by atoms with Crippen LogP contribution in [0.3, 0.4) is 0 Å². The van der Waals surface area contributed by atoms with Gasteiger partial charge in [-0.25, -0.2) is 0 Å². The van der Waals surface area contributed by atoms with E-state index in [1.165, 1.54) is 0 Å². The molecule has 1 aromatic heterocycles. The topological polar surface area (TPSA) is 58.9 Å². The largest absolute Gasteiger partial charge is 0.394 e. The van der Waals surface area contributed by atoms with Crippen LogP contribution in [0.4, 0.5) is 5.69 Å². The zero-order chi connectivity index (χ0) is 14.3. The van der Waals surface area contributed by atoms with Gasteiger partial charge in [-0.1, -0.05) is 50.1 Å². The molecule has 0 aliphatic carbocycles. The van der Waals surface area contributed by atoms with Crippen LogP contribution in [0.5, 0.6) is 0 Å². The summed E-state index contributed by atoms with van der Waals surface area (Å²) in [5.74, 6) is 0. The lowest BCUT2D eigenvalue weighted by Gasteiger charge is -2.10. The van der Waals surface area contributed by atoms with Gasteiger partial charge < -0.3 is 10.7 Å². The molecule has 0 unspecified atom stereocenters. The molecule has 0 bridgehead atoms. The van der Waals surface area contributed by atoms with E-state index in [2.05, 4.69) is 36.8 Å². The van der Waals surface area contributed by atoms with Crippen LogP contribution in [0.15, 0.2) is 56.2 Å². The minimum atomic E-state index is -0.149. The Hall–Kier alpha value is -1.59. The molecule has 0 amide bonds. The number of nitrogens with one attached hydrogen (secondary N) is 1. The molecule has 3 nitrogen and oxygen atoms in total. The number of rotatable bonds is 1. The molecule has 3 rings (SSSR count). The third kappa shape index (κ3) is 2.17. The standard InChI is InChI=1S/C15H10Br2N2O/c16-8-5-6-9(11(17)7-8)14-13(18)15(20)10-3-1-2-4-12(10)19-14/h1-7H,18H2,(H,19,20). The molecule has 0 spiro atoms. The van der Waals surface area contributed by atoms with Crippen molar-refractivity contribution in [2.24, 2.45) is 0 Å². The number of hydrogen-bond acceptors (Lipinski definition) is 2. The fourth-order valence-corrected chi connectivity index (χ4v) is 3.40. The quantitative estimate of drug-likeness (QED) is 0.647. The number of hydrogen-bond donors (Lipinski definition) is 2. The van der Waals surface area contributed by atoms with E-state index in [1.807, 2.05) is 36.4 Å². The SMILES string of the molecule is Nc1c(-c2ccc(Br)cc2Br)[nH]c2ccccc2c1=O. The van der Waals surface area contributed by atoms with Crippen molar-refractivity contribution in [3.8, 4) is 11.3 Å². The summed E-state index contributed by atoms with van der Waals surface area (Å²) in [4.78, 5) is 15.6. The van der Waals surface area contributed by atoms with Crippen molar-refractivity contribution in [3.05, 3.63) is 61.6 Å². The monoisotopic (exact) mass is 392 g/mol. The first kappa shape index (κ1) is 13.4. The summed E-state index contributed by atoms with van der Waals surface area (Å²) in [5.41, 5.74) is 8.35. The Balaban J connectivity index is 2.37. The van der Waals surface area contributed by atoms with Gasteiger partial charge >= 0.3 is 0 Å². The molecule has 2 aromatic carbocycles. The van der Waals surface area contributed by atoms with Crippen molar-refractivity contribution in [2.75, 3.05) is 5.73 Å². The number of fused-ring (bicyclic) bond motifs is 1. The molecular formula is C15H10Br2N2O. The summed E-state index contributed by atoms with van der Waals surface area (Å²) in [5, 5.41) is 0.599. The third-order valence-electron chi connectivity index (χ3n) is 3.15. The van der Waals surface area contributed by atoms with E-state index < -0.39 is 0 Å². The molecule has 0 aliphatic rings. The maximum absolute atomic E-state index is 12.3. The second kappa shape index (κ2) is 5.07. The van der Waals surface area contributed by atoms with Gasteiger partial charge in [-0.2, -0.15) is 0 Å². The van der Waals surface area contributed by atoms with Crippen molar-refractivity contribution < 1.29 is 0 Å². The first-order valence-corrected chi connectivity index (χ1v) is 7.52. The first-order valence-electron chi connectivity index (χ1n) is 5.94. The number of nitrogen functional groups attached to an aromatic ring is 1. The van der Waals surface area contributed by atoms with E-state index in [9.17, 15) is 4.79 Å². The van der Waals surface area contributed by atoms with Gasteiger partial charge in [-0.15, -0.1) is 0 Å². The van der Waals surface area contributed by atoms with Crippen molar-refractivity contribution in [1.82, 2.24) is 4.98 Å². The van der Waals surface area contributed by atoms with E-state index in [-0.39, 0.29) is 11.1 Å². The van der Waals surface area contributed by atoms with Gasteiger partial charge in [0.25, 0.3) is 0 Å². The molecule has 5 heteroatoms. The lowest BCUT2D eigenvalue weighted by Crippen LogP contribution is -2.11. The number of H-pyrrole nitrogens is 1. The van der Waals surface area contributed by atoms with Crippen LogP contribution in [0.25, 0.3) is 22.2 Å². The molecule has 0 saturated heterocycles. The van der Waals surface area contributed by atoms with Crippen LogP contribution >= 0.6 is 31.9 Å². The number of nitrogens with two attached hydrogens (primary N) is 1. The zero-order valence-electron chi connectivity index (χ0n) is 10.3. The second-order valence-corrected chi connectivity index (χ2v) is 6.18. The van der Waals surface area contributed by atoms with Crippen LogP contribution in [-0.4, -0.2) is 4.98 Å². The zero-order valence-corrected chi connectivity index (χ0v) is 13.5. The Morgan fingerprint density at radius 3 is 2.55 bits per heavy atom. The summed E-state index contributed by atoms with van der Waals surface area (Å²) < 4.78 is 1.82. The minimum absolute atomic E-state index is 0.149. The molecule has 3 N–H and O–H groups in total. The lowest BCUT2D eigenvalue weighted by atomic mass is 10.1. The van der Waals surface area contributed by atoms with Crippen LogP contribution in [0, 0.1) is 0 Å². The van der Waals surface area contributed by atoms with Crippen molar-refractivity contribution in [3.63, 3.8) is 0 Å². The summed E-state index contributed by atoms with van der Waals surface area (Å²) in [6.07, 6.45) is 0. The molecule has 0 atom stereocenters. The van der Waals surface area contributed by atoms with Crippen LogP contribution in [0.2, 0.25) is 0 Å². The highest BCUT2D eigenvalue weighted by molar-refractivity contribution is 9.11. The first-order chi connectivity index (χ1) is 9.58. The van der Waals surface area contributed by atoms with Crippen molar-refractivity contribution >= 4 is 48.5 Å². The Bertz CT molecular complexity index is 871. The predicted octanol–water partition coefficient (Wildman–Crippen LogP) is 4.30. The highest BCUT2D eigenvalue weighted by Crippen LogP contribution is 2.32. The summed E-state index contributed by atoms with van der Waals surface area (Å²) in [7, 11) is 0. The van der Waals surface area contributed by atoms with Gasteiger partial charge in [0.15, 0.2) is 0 Å². The normalized spacial score (nSPS) is 10.9. The number of aromatic amines is 1. The molecule has 0 saturated carbocycles. The van der Waals surface area contributed by atoms with Crippen molar-refractivity contribution in [2.45, 2.75) is 0 Å². The molecule has 3 aromatic rings. The van der Waals surface area contributed by atoms with E-state index in [1.54, 1.807) is 6.07 Å². The minimum Gasteiger partial charge on any atom is -0.394 e. The van der Waals surface area contributed by atoms with E-state index in [0.717, 1.165) is 20.0 Å². The summed E-state index contributed by atoms with van der Waals surface area (Å²) in [6, 6.07) is 13.1. The fourth-order valence-electron chi connectivity index (χ4n) is 2.16. The van der Waals surface area contributed by atoms with Crippen LogP contribution in [-0.2, 0) is 0 Å². The molecular weight excluding hydrogens is 384 g/mol. The van der Waals surface area contributed by atoms with E-state index in [0.29, 0.717) is 11.1 Å². The number of para-hydroxylation sites is 1. The number of benzene rings is 2. The number of aromatic nitrogens is 1. The highest BCUT2D eigenvalue weighted by atomic mass is 79.9. The van der Waals surface area contributed by atoms with Gasteiger partial charge in [-0.05, 0) is 24.3 Å². The van der Waals surface area contributed by atoms with Gasteiger partial charge in [0.05, 0.1) is 5.69 Å². The predicted molar refractivity (Wildman–Crippen MR) is 89.8 cm³/mol. The summed E-state index contributed by atoms with van der Waals surface area (Å²) >= 11 is 6.91. The molecule has 100 valence electrons. The summed E-state index contributed by atoms with van der Waals surface area (Å²) in [6.45, 7) is 0. The fraction of sp³-hybridized carbons (Fsp3) is 0. The Labute approximate surface area is 132 Å². The van der Waals surface area contributed by atoms with Gasteiger partial charge in [0, 0.05) is 25.4 Å². The average Bonchev–Trinajstić information content (AvgIpc) is 2.43. The smallest absolute Gasteiger partial charge is 0.212 e. The van der Waals surface area contributed by atoms with Crippen molar-refractivity contribution in [1.29, 1.82) is 0 Å². The molecule has 0 radical (unpaired) electrons. The van der Waals surface area contributed by atoms with Gasteiger partial charge in [0.2, 0.25) is 5.43 Å². The molecule has 20 heavy (non-hydrogen) atoms. The lowest BCUT2D eigenvalue weighted by molar-refractivity contribution is 1.37. The van der Waals surface area contributed by atoms with E-state index in [4.69, 9.17) is 5.73 Å². The Kier molecular flexibility index (Phi) is 3.40. The third-order valence-corrected chi connectivity index (χ3v) is 4.30. The average molecular weight is 394 g/mol. The highest BCUT2D eigenvalue weighted by Gasteiger charge is 2.13.